The van der Waals surface area contributed by atoms with E-state index >= 15 is 0 Å². The molecule has 3 aromatic heterocycles. The number of halogens is 3. The van der Waals surface area contributed by atoms with Crippen molar-refractivity contribution in [1.29, 1.82) is 0 Å². The Morgan fingerprint density at radius 1 is 1.02 bits per heavy atom. The molecular weight excluding hydrogens is 537 g/mol. The van der Waals surface area contributed by atoms with Gasteiger partial charge in [-0.2, -0.15) is 13.2 Å². The van der Waals surface area contributed by atoms with E-state index < -0.39 is 11.7 Å². The van der Waals surface area contributed by atoms with Gasteiger partial charge in [0, 0.05) is 42.8 Å². The number of rotatable bonds is 6. The Morgan fingerprint density at radius 3 is 2.54 bits per heavy atom. The van der Waals surface area contributed by atoms with Crippen LogP contribution in [0.3, 0.4) is 0 Å². The average molecular weight is 567 g/mol. The molecule has 0 aliphatic carbocycles. The van der Waals surface area contributed by atoms with E-state index in [0.717, 1.165) is 11.6 Å². The fourth-order valence-electron chi connectivity index (χ4n) is 4.55. The van der Waals surface area contributed by atoms with Gasteiger partial charge in [0.25, 0.3) is 5.91 Å². The highest BCUT2D eigenvalue weighted by atomic mass is 19.4. The van der Waals surface area contributed by atoms with Crippen molar-refractivity contribution in [3.8, 4) is 17.0 Å². The van der Waals surface area contributed by atoms with E-state index in [1.165, 1.54) is 30.9 Å². The van der Waals surface area contributed by atoms with Crippen LogP contribution in [-0.4, -0.2) is 63.7 Å². The number of anilines is 2. The number of pyridine rings is 2. The first-order valence-electron chi connectivity index (χ1n) is 13.0. The molecule has 0 saturated carbocycles. The summed E-state index contributed by atoms with van der Waals surface area (Å²) in [5.41, 5.74) is 1.11. The third kappa shape index (κ3) is 6.37. The van der Waals surface area contributed by atoms with Gasteiger partial charge in [-0.05, 0) is 35.2 Å². The molecule has 12 heteroatoms. The zero-order valence-electron chi connectivity index (χ0n) is 22.8. The topological polar surface area (TPSA) is 102 Å². The number of carbonyl (C=O) groups is 1. The summed E-state index contributed by atoms with van der Waals surface area (Å²) in [7, 11) is 0. The van der Waals surface area contributed by atoms with E-state index in [9.17, 15) is 18.0 Å². The zero-order chi connectivity index (χ0) is 29.2. The second-order valence-corrected chi connectivity index (χ2v) is 10.6. The third-order valence-corrected chi connectivity index (χ3v) is 6.63. The lowest BCUT2D eigenvalue weighted by molar-refractivity contribution is -0.138. The number of benzene rings is 1. The number of ether oxygens (including phenoxy) is 2. The fraction of sp³-hybridized carbons (Fsp3) is 0.345. The predicted octanol–water partition coefficient (Wildman–Crippen LogP) is 5.38. The quantitative estimate of drug-likeness (QED) is 0.332. The molecule has 1 amide bonds. The summed E-state index contributed by atoms with van der Waals surface area (Å²) in [6.07, 6.45) is -0.635. The number of fused-ring (bicyclic) bond motifs is 1. The molecule has 5 rings (SSSR count). The third-order valence-electron chi connectivity index (χ3n) is 6.63. The summed E-state index contributed by atoms with van der Waals surface area (Å²) in [5, 5.41) is 3.21. The van der Waals surface area contributed by atoms with Gasteiger partial charge in [0.2, 0.25) is 0 Å². The van der Waals surface area contributed by atoms with Gasteiger partial charge in [-0.15, -0.1) is 0 Å². The Labute approximate surface area is 234 Å². The highest BCUT2D eigenvalue weighted by Gasteiger charge is 2.34. The van der Waals surface area contributed by atoms with Crippen LogP contribution in [0, 0.1) is 0 Å². The van der Waals surface area contributed by atoms with Crippen molar-refractivity contribution in [1.82, 2.24) is 24.8 Å². The van der Waals surface area contributed by atoms with E-state index in [-0.39, 0.29) is 29.2 Å². The molecule has 1 aliphatic heterocycles. The summed E-state index contributed by atoms with van der Waals surface area (Å²) in [5.74, 6) is 0.792. The lowest BCUT2D eigenvalue weighted by atomic mass is 9.86. The molecule has 9 nitrogen and oxygen atoms in total. The Hall–Kier alpha value is -4.32. The van der Waals surface area contributed by atoms with Crippen LogP contribution in [0.5, 0.6) is 5.75 Å². The first-order valence-corrected chi connectivity index (χ1v) is 13.0. The number of hydrogen-bond donors (Lipinski definition) is 1. The number of amides is 1. The first kappa shape index (κ1) is 28.2. The Kier molecular flexibility index (Phi) is 7.76. The largest absolute Gasteiger partial charge is 0.483 e. The lowest BCUT2D eigenvalue weighted by Gasteiger charge is -2.28. The van der Waals surface area contributed by atoms with Gasteiger partial charge >= 0.3 is 6.18 Å². The number of alkyl halides is 3. The minimum atomic E-state index is -4.57. The molecule has 41 heavy (non-hydrogen) atoms. The molecule has 1 aromatic carbocycles. The number of nitrogens with one attached hydrogen (secondary N) is 1. The zero-order valence-corrected chi connectivity index (χ0v) is 22.8. The summed E-state index contributed by atoms with van der Waals surface area (Å²) >= 11 is 0. The van der Waals surface area contributed by atoms with Crippen LogP contribution in [0.15, 0.2) is 55.1 Å². The molecule has 1 saturated heterocycles. The maximum atomic E-state index is 13.6. The predicted molar refractivity (Wildman–Crippen MR) is 147 cm³/mol. The summed E-state index contributed by atoms with van der Waals surface area (Å²) in [6, 6.07) is 9.30. The van der Waals surface area contributed by atoms with Gasteiger partial charge in [0.1, 0.15) is 17.6 Å². The second kappa shape index (κ2) is 11.3. The second-order valence-electron chi connectivity index (χ2n) is 10.6. The highest BCUT2D eigenvalue weighted by molar-refractivity contribution is 5.89. The van der Waals surface area contributed by atoms with Crippen LogP contribution >= 0.6 is 0 Å². The minimum absolute atomic E-state index is 0.110. The van der Waals surface area contributed by atoms with Crippen molar-refractivity contribution in [2.24, 2.45) is 0 Å². The standard InChI is InChI=1S/C29H29F3N6O3/c1-28(2,3)20-7-6-19(14-23(20)41-16-24(39)38-9-11-40-12-10-38)37-27-26-22(35-17-36-27)13-18(15-34-26)25-21(29(30,31)32)5-4-8-33-25/h4-8,13-15,17H,9-12,16H2,1-3H3,(H,35,36,37). The molecular formula is C29H29F3N6O3. The van der Waals surface area contributed by atoms with Crippen LogP contribution in [0.25, 0.3) is 22.3 Å². The van der Waals surface area contributed by atoms with Crippen LogP contribution in [0.4, 0.5) is 24.7 Å². The van der Waals surface area contributed by atoms with Crippen LogP contribution in [-0.2, 0) is 21.1 Å². The van der Waals surface area contributed by atoms with Gasteiger partial charge < -0.3 is 19.7 Å². The van der Waals surface area contributed by atoms with Crippen molar-refractivity contribution < 1.29 is 27.4 Å². The van der Waals surface area contributed by atoms with E-state index in [0.29, 0.717) is 54.6 Å². The monoisotopic (exact) mass is 566 g/mol. The lowest BCUT2D eigenvalue weighted by Crippen LogP contribution is -2.43. The summed E-state index contributed by atoms with van der Waals surface area (Å²) < 4.78 is 52.0. The molecule has 1 aliphatic rings. The Bertz CT molecular complexity index is 1570. The van der Waals surface area contributed by atoms with Crippen molar-refractivity contribution in [2.75, 3.05) is 38.2 Å². The van der Waals surface area contributed by atoms with Crippen LogP contribution in [0.1, 0.15) is 31.9 Å². The van der Waals surface area contributed by atoms with Crippen molar-refractivity contribution in [3.63, 3.8) is 0 Å². The van der Waals surface area contributed by atoms with Crippen molar-refractivity contribution in [2.45, 2.75) is 32.4 Å². The van der Waals surface area contributed by atoms with Gasteiger partial charge in [-0.3, -0.25) is 9.78 Å². The molecule has 0 bridgehead atoms. The maximum absolute atomic E-state index is 13.6. The van der Waals surface area contributed by atoms with E-state index in [1.807, 2.05) is 12.1 Å². The number of morpholine rings is 1. The number of nitrogens with zero attached hydrogens (tertiary/aromatic N) is 5. The SMILES string of the molecule is CC(C)(C)c1ccc(Nc2ncnc3cc(-c4ncccc4C(F)(F)F)cnc23)cc1OCC(=O)N1CCOCC1. The molecule has 0 radical (unpaired) electrons. The summed E-state index contributed by atoms with van der Waals surface area (Å²) in [6.45, 7) is 8.12. The smallest absolute Gasteiger partial charge is 0.418 e. The summed E-state index contributed by atoms with van der Waals surface area (Å²) in [4.78, 5) is 31.3. The van der Waals surface area contributed by atoms with E-state index in [4.69, 9.17) is 9.47 Å². The first-order chi connectivity index (χ1) is 19.5. The molecule has 0 spiro atoms. The van der Waals surface area contributed by atoms with E-state index in [1.54, 1.807) is 11.0 Å². The number of aromatic nitrogens is 4. The van der Waals surface area contributed by atoms with Crippen LogP contribution in [0.2, 0.25) is 0 Å². The van der Waals surface area contributed by atoms with Crippen molar-refractivity contribution in [3.05, 3.63) is 66.2 Å². The molecule has 4 aromatic rings. The molecule has 0 unspecified atom stereocenters. The molecule has 214 valence electrons. The maximum Gasteiger partial charge on any atom is 0.418 e. The van der Waals surface area contributed by atoms with Crippen molar-refractivity contribution >= 4 is 28.4 Å². The Balaban J connectivity index is 1.42. The number of hydrogen-bond acceptors (Lipinski definition) is 8. The van der Waals surface area contributed by atoms with Crippen LogP contribution < -0.4 is 10.1 Å². The van der Waals surface area contributed by atoms with E-state index in [2.05, 4.69) is 46.0 Å². The fourth-order valence-corrected chi connectivity index (χ4v) is 4.55. The minimum Gasteiger partial charge on any atom is -0.483 e. The molecule has 0 atom stereocenters. The molecule has 1 fully saturated rings. The normalized spacial score (nSPS) is 14.2. The number of carbonyl (C=O) groups excluding carboxylic acids is 1. The molecule has 1 N–H and O–H groups in total. The highest BCUT2D eigenvalue weighted by Crippen LogP contribution is 2.37. The van der Waals surface area contributed by atoms with Gasteiger partial charge in [0.05, 0.1) is 30.0 Å². The van der Waals surface area contributed by atoms with Gasteiger partial charge in [-0.25, -0.2) is 15.0 Å². The Morgan fingerprint density at radius 2 is 1.80 bits per heavy atom. The average Bonchev–Trinajstić information content (AvgIpc) is 2.95. The van der Waals surface area contributed by atoms with Gasteiger partial charge in [0.15, 0.2) is 12.4 Å². The molecule has 4 heterocycles. The van der Waals surface area contributed by atoms with Gasteiger partial charge in [-0.1, -0.05) is 26.8 Å².